The Morgan fingerprint density at radius 1 is 1.36 bits per heavy atom. The van der Waals surface area contributed by atoms with Crippen molar-refractivity contribution in [2.24, 2.45) is 0 Å². The van der Waals surface area contributed by atoms with Gasteiger partial charge in [-0.05, 0) is 45.5 Å². The number of sulfonamides is 1. The zero-order chi connectivity index (χ0) is 16.5. The van der Waals surface area contributed by atoms with E-state index in [2.05, 4.69) is 0 Å². The van der Waals surface area contributed by atoms with E-state index in [0.717, 1.165) is 12.8 Å². The molecule has 1 atom stereocenters. The highest BCUT2D eigenvalue weighted by atomic mass is 32.2. The Morgan fingerprint density at radius 2 is 2.05 bits per heavy atom. The molecule has 1 aliphatic heterocycles. The lowest BCUT2D eigenvalue weighted by Gasteiger charge is -2.35. The van der Waals surface area contributed by atoms with Gasteiger partial charge < -0.3 is 4.90 Å². The smallest absolute Gasteiger partial charge is 0.289 e. The third-order valence-corrected chi connectivity index (χ3v) is 5.93. The minimum Gasteiger partial charge on any atom is -0.305 e. The third-order valence-electron chi connectivity index (χ3n) is 4.02. The third kappa shape index (κ3) is 3.29. The maximum atomic E-state index is 12.8. The highest BCUT2D eigenvalue weighted by Gasteiger charge is 2.35. The topological polar surface area (TPSA) is 83.8 Å². The molecule has 0 radical (unpaired) electrons. The van der Waals surface area contributed by atoms with Gasteiger partial charge in [0.2, 0.25) is 10.0 Å². The van der Waals surface area contributed by atoms with Crippen LogP contribution >= 0.6 is 0 Å². The van der Waals surface area contributed by atoms with Gasteiger partial charge in [0.05, 0.1) is 4.92 Å². The Kier molecular flexibility index (Phi) is 4.84. The van der Waals surface area contributed by atoms with Gasteiger partial charge in [-0.2, -0.15) is 4.31 Å². The van der Waals surface area contributed by atoms with Crippen LogP contribution in [0.5, 0.6) is 0 Å². The van der Waals surface area contributed by atoms with E-state index in [1.54, 1.807) is 13.0 Å². The molecule has 8 heteroatoms. The molecule has 7 nitrogen and oxygen atoms in total. The summed E-state index contributed by atoms with van der Waals surface area (Å²) in [6.45, 7) is 2.46. The lowest BCUT2D eigenvalue weighted by atomic mass is 10.1. The van der Waals surface area contributed by atoms with Gasteiger partial charge in [-0.15, -0.1) is 0 Å². The van der Waals surface area contributed by atoms with E-state index < -0.39 is 14.9 Å². The molecule has 1 heterocycles. The van der Waals surface area contributed by atoms with Gasteiger partial charge in [0.15, 0.2) is 4.90 Å². The van der Waals surface area contributed by atoms with Crippen LogP contribution in [0.25, 0.3) is 0 Å². The van der Waals surface area contributed by atoms with Crippen LogP contribution in [0.2, 0.25) is 0 Å². The van der Waals surface area contributed by atoms with Crippen LogP contribution in [0.4, 0.5) is 5.69 Å². The minimum absolute atomic E-state index is 0.132. The molecule has 0 bridgehead atoms. The molecule has 0 spiro atoms. The van der Waals surface area contributed by atoms with Crippen LogP contribution in [-0.2, 0) is 10.0 Å². The van der Waals surface area contributed by atoms with Crippen molar-refractivity contribution < 1.29 is 13.3 Å². The van der Waals surface area contributed by atoms with Crippen molar-refractivity contribution >= 4 is 15.7 Å². The second-order valence-electron chi connectivity index (χ2n) is 5.85. The first-order valence-corrected chi connectivity index (χ1v) is 8.59. The summed E-state index contributed by atoms with van der Waals surface area (Å²) in [5, 5.41) is 11.2. The molecule has 0 N–H and O–H groups in total. The number of likely N-dealkylation sites (N-methyl/N-ethyl adjacent to an activating group) is 1. The number of aryl methyl sites for hydroxylation is 1. The average Bonchev–Trinajstić information content (AvgIpc) is 2.46. The van der Waals surface area contributed by atoms with E-state index in [1.165, 1.54) is 16.4 Å². The van der Waals surface area contributed by atoms with Gasteiger partial charge in [-0.1, -0.05) is 6.07 Å². The first kappa shape index (κ1) is 16.9. The average molecular weight is 327 g/mol. The van der Waals surface area contributed by atoms with E-state index in [1.807, 2.05) is 19.0 Å². The minimum atomic E-state index is -3.86. The Bertz CT molecular complexity index is 673. The van der Waals surface area contributed by atoms with Gasteiger partial charge >= 0.3 is 0 Å². The fourth-order valence-electron chi connectivity index (χ4n) is 2.69. The summed E-state index contributed by atoms with van der Waals surface area (Å²) in [5.41, 5.74) is 0.308. The molecule has 1 fully saturated rings. The molecule has 22 heavy (non-hydrogen) atoms. The van der Waals surface area contributed by atoms with Gasteiger partial charge in [-0.25, -0.2) is 8.42 Å². The van der Waals surface area contributed by atoms with E-state index in [0.29, 0.717) is 18.7 Å². The largest absolute Gasteiger partial charge is 0.305 e. The van der Waals surface area contributed by atoms with Crippen LogP contribution in [0.15, 0.2) is 23.1 Å². The molecule has 1 aliphatic rings. The number of nitro benzene ring substituents is 1. The van der Waals surface area contributed by atoms with Crippen molar-refractivity contribution in [2.75, 3.05) is 27.2 Å². The number of rotatable bonds is 4. The molecule has 0 aliphatic carbocycles. The van der Waals surface area contributed by atoms with E-state index in [4.69, 9.17) is 0 Å². The Morgan fingerprint density at radius 3 is 2.64 bits per heavy atom. The van der Waals surface area contributed by atoms with Gasteiger partial charge in [0.1, 0.15) is 0 Å². The number of piperidine rings is 1. The van der Waals surface area contributed by atoms with Gasteiger partial charge in [0, 0.05) is 25.2 Å². The summed E-state index contributed by atoms with van der Waals surface area (Å²) in [6, 6.07) is 4.36. The van der Waals surface area contributed by atoms with Crippen LogP contribution in [-0.4, -0.2) is 55.8 Å². The molecule has 0 aromatic heterocycles. The van der Waals surface area contributed by atoms with E-state index in [9.17, 15) is 18.5 Å². The van der Waals surface area contributed by atoms with Gasteiger partial charge in [-0.3, -0.25) is 10.1 Å². The second-order valence-corrected chi connectivity index (χ2v) is 7.76. The Hall–Kier alpha value is -1.51. The van der Waals surface area contributed by atoms with E-state index >= 15 is 0 Å². The summed E-state index contributed by atoms with van der Waals surface area (Å²) in [4.78, 5) is 12.3. The first-order chi connectivity index (χ1) is 10.2. The number of nitrogens with zero attached hydrogens (tertiary/aromatic N) is 3. The molecule has 122 valence electrons. The van der Waals surface area contributed by atoms with E-state index in [-0.39, 0.29) is 16.6 Å². The maximum absolute atomic E-state index is 12.8. The van der Waals surface area contributed by atoms with Crippen LogP contribution in [0.1, 0.15) is 18.4 Å². The molecule has 1 unspecified atom stereocenters. The first-order valence-electron chi connectivity index (χ1n) is 7.15. The van der Waals surface area contributed by atoms with Crippen LogP contribution < -0.4 is 0 Å². The molecule has 0 saturated carbocycles. The van der Waals surface area contributed by atoms with Crippen molar-refractivity contribution in [1.29, 1.82) is 0 Å². The second kappa shape index (κ2) is 6.31. The number of benzene rings is 1. The number of hydrogen-bond acceptors (Lipinski definition) is 5. The lowest BCUT2D eigenvalue weighted by Crippen LogP contribution is -2.47. The van der Waals surface area contributed by atoms with Crippen molar-refractivity contribution in [3.05, 3.63) is 33.9 Å². The summed E-state index contributed by atoms with van der Waals surface area (Å²) < 4.78 is 26.9. The molecule has 1 aromatic rings. The Balaban J connectivity index is 2.40. The normalized spacial score (nSPS) is 20.3. The predicted molar refractivity (Wildman–Crippen MR) is 83.3 cm³/mol. The summed E-state index contributed by atoms with van der Waals surface area (Å²) >= 11 is 0. The molecule has 1 saturated heterocycles. The standard InChI is InChI=1S/C14H21N3O4S/c1-11-6-7-14(13(9-11)17(18)19)22(20,21)16-8-4-5-12(10-16)15(2)3/h6-7,9,12H,4-5,8,10H2,1-3H3. The quantitative estimate of drug-likeness (QED) is 0.620. The highest BCUT2D eigenvalue weighted by molar-refractivity contribution is 7.89. The number of nitro groups is 1. The molecular formula is C14H21N3O4S. The van der Waals surface area contributed by atoms with Crippen LogP contribution in [0.3, 0.4) is 0 Å². The molecule has 1 aromatic carbocycles. The molecule has 0 amide bonds. The lowest BCUT2D eigenvalue weighted by molar-refractivity contribution is -0.387. The van der Waals surface area contributed by atoms with Crippen molar-refractivity contribution in [1.82, 2.24) is 9.21 Å². The predicted octanol–water partition coefficient (Wildman–Crippen LogP) is 1.62. The molecule has 2 rings (SSSR count). The van der Waals surface area contributed by atoms with Crippen molar-refractivity contribution in [2.45, 2.75) is 30.7 Å². The summed E-state index contributed by atoms with van der Waals surface area (Å²) in [5.74, 6) is 0. The molecular weight excluding hydrogens is 306 g/mol. The SMILES string of the molecule is Cc1ccc(S(=O)(=O)N2CCCC(N(C)C)C2)c([N+](=O)[O-])c1. The maximum Gasteiger partial charge on any atom is 0.289 e. The van der Waals surface area contributed by atoms with Crippen LogP contribution in [0, 0.1) is 17.0 Å². The fourth-order valence-corrected chi connectivity index (χ4v) is 4.34. The van der Waals surface area contributed by atoms with Crippen molar-refractivity contribution in [3.63, 3.8) is 0 Å². The fraction of sp³-hybridized carbons (Fsp3) is 0.571. The van der Waals surface area contributed by atoms with Gasteiger partial charge in [0.25, 0.3) is 5.69 Å². The van der Waals surface area contributed by atoms with Crippen molar-refractivity contribution in [3.8, 4) is 0 Å². The number of hydrogen-bond donors (Lipinski definition) is 0. The summed E-state index contributed by atoms with van der Waals surface area (Å²) in [6.07, 6.45) is 1.68. The zero-order valence-electron chi connectivity index (χ0n) is 13.0. The zero-order valence-corrected chi connectivity index (χ0v) is 13.8. The summed E-state index contributed by atoms with van der Waals surface area (Å²) in [7, 11) is -0.0323. The Labute approximate surface area is 130 Å². The monoisotopic (exact) mass is 327 g/mol. The highest BCUT2D eigenvalue weighted by Crippen LogP contribution is 2.29.